The number of amides is 1. The first kappa shape index (κ1) is 15.8. The maximum atomic E-state index is 11.7. The van der Waals surface area contributed by atoms with E-state index in [-0.39, 0.29) is 17.9 Å². The van der Waals surface area contributed by atoms with Crippen molar-refractivity contribution in [3.63, 3.8) is 0 Å². The molecule has 1 amide bonds. The molecule has 0 aliphatic carbocycles. The monoisotopic (exact) mass is 274 g/mol. The molecule has 5 nitrogen and oxygen atoms in total. The average Bonchev–Trinajstić information content (AvgIpc) is 2.31. The summed E-state index contributed by atoms with van der Waals surface area (Å²) in [6, 6.07) is 7.54. The molecule has 20 heavy (non-hydrogen) atoms. The molecule has 0 atom stereocenters. The average molecular weight is 274 g/mol. The number of nitrogens with two attached hydrogens (primary N) is 1. The molecule has 5 heteroatoms. The highest BCUT2D eigenvalue weighted by Crippen LogP contribution is 2.18. The number of carbonyl (C=O) groups excluding carboxylic acids is 1. The molecule has 0 spiro atoms. The lowest BCUT2D eigenvalue weighted by Gasteiger charge is -2.20. The number of carbonyl (C=O) groups is 1. The van der Waals surface area contributed by atoms with Gasteiger partial charge in [-0.25, -0.2) is 0 Å². The van der Waals surface area contributed by atoms with Crippen LogP contribution >= 0.6 is 0 Å². The Hall–Kier alpha value is -2.22. The van der Waals surface area contributed by atoms with Crippen molar-refractivity contribution in [3.05, 3.63) is 23.8 Å². The Balaban J connectivity index is 2.49. The minimum atomic E-state index is -0.210. The number of rotatable bonds is 5. The predicted molar refractivity (Wildman–Crippen MR) is 81.2 cm³/mol. The van der Waals surface area contributed by atoms with Gasteiger partial charge in [-0.15, -0.1) is 0 Å². The number of anilines is 2. The van der Waals surface area contributed by atoms with Crippen LogP contribution < -0.4 is 16.4 Å². The van der Waals surface area contributed by atoms with E-state index in [1.54, 1.807) is 6.07 Å². The van der Waals surface area contributed by atoms with Crippen LogP contribution in [0.4, 0.5) is 11.4 Å². The second-order valence-electron chi connectivity index (χ2n) is 5.72. The molecule has 1 aromatic carbocycles. The molecule has 0 aromatic heterocycles. The Morgan fingerprint density at radius 2 is 2.10 bits per heavy atom. The second-order valence-corrected chi connectivity index (χ2v) is 5.72. The normalized spacial score (nSPS) is 10.7. The van der Waals surface area contributed by atoms with E-state index >= 15 is 0 Å². The van der Waals surface area contributed by atoms with E-state index in [2.05, 4.69) is 16.7 Å². The summed E-state index contributed by atoms with van der Waals surface area (Å²) in [5.74, 6) is 0.0118. The van der Waals surface area contributed by atoms with E-state index in [0.717, 1.165) is 11.3 Å². The first-order valence-electron chi connectivity index (χ1n) is 6.62. The zero-order chi connectivity index (χ0) is 15.2. The van der Waals surface area contributed by atoms with Crippen molar-refractivity contribution in [2.24, 2.45) is 0 Å². The summed E-state index contributed by atoms with van der Waals surface area (Å²) in [5, 5.41) is 14.8. The first-order chi connectivity index (χ1) is 9.31. The molecule has 0 saturated heterocycles. The SMILES string of the molecule is CC(C)(C)NC(=O)CCNc1ccc(N)c(CC#N)c1. The second kappa shape index (κ2) is 6.80. The fourth-order valence-electron chi connectivity index (χ4n) is 1.76. The van der Waals surface area contributed by atoms with E-state index < -0.39 is 0 Å². The molecule has 1 rings (SSSR count). The topological polar surface area (TPSA) is 90.9 Å². The fraction of sp³-hybridized carbons (Fsp3) is 0.467. The molecule has 108 valence electrons. The summed E-state index contributed by atoms with van der Waals surface area (Å²) in [4.78, 5) is 11.7. The number of nitrogens with one attached hydrogen (secondary N) is 2. The highest BCUT2D eigenvalue weighted by atomic mass is 16.1. The van der Waals surface area contributed by atoms with Crippen LogP contribution in [-0.2, 0) is 11.2 Å². The molecule has 0 heterocycles. The van der Waals surface area contributed by atoms with Crippen LogP contribution in [0.3, 0.4) is 0 Å². The quantitative estimate of drug-likeness (QED) is 0.717. The number of benzene rings is 1. The summed E-state index contributed by atoms with van der Waals surface area (Å²) in [5.41, 5.74) is 7.85. The van der Waals surface area contributed by atoms with Crippen molar-refractivity contribution >= 4 is 17.3 Å². The Morgan fingerprint density at radius 3 is 2.70 bits per heavy atom. The van der Waals surface area contributed by atoms with Crippen LogP contribution in [0.15, 0.2) is 18.2 Å². The summed E-state index contributed by atoms with van der Waals surface area (Å²) in [7, 11) is 0. The minimum absolute atomic E-state index is 0.0118. The number of nitriles is 1. The Morgan fingerprint density at radius 1 is 1.40 bits per heavy atom. The van der Waals surface area contributed by atoms with Crippen LogP contribution in [-0.4, -0.2) is 18.0 Å². The van der Waals surface area contributed by atoms with E-state index in [1.807, 2.05) is 32.9 Å². The molecule has 0 saturated carbocycles. The summed E-state index contributed by atoms with van der Waals surface area (Å²) in [6.45, 7) is 6.39. The zero-order valence-corrected chi connectivity index (χ0v) is 12.3. The number of nitrogens with zero attached hydrogens (tertiary/aromatic N) is 1. The van der Waals surface area contributed by atoms with E-state index in [9.17, 15) is 4.79 Å². The molecule has 0 aliphatic rings. The molecule has 0 fully saturated rings. The van der Waals surface area contributed by atoms with Gasteiger partial charge in [0.1, 0.15) is 0 Å². The summed E-state index contributed by atoms with van der Waals surface area (Å²) >= 11 is 0. The van der Waals surface area contributed by atoms with Gasteiger partial charge in [-0.05, 0) is 44.5 Å². The first-order valence-corrected chi connectivity index (χ1v) is 6.62. The predicted octanol–water partition coefficient (Wildman–Crippen LogP) is 2.05. The third-order valence-corrected chi connectivity index (χ3v) is 2.61. The van der Waals surface area contributed by atoms with Gasteiger partial charge in [-0.2, -0.15) is 5.26 Å². The Bertz CT molecular complexity index is 512. The Kier molecular flexibility index (Phi) is 5.39. The van der Waals surface area contributed by atoms with Crippen molar-refractivity contribution in [1.29, 1.82) is 5.26 Å². The largest absolute Gasteiger partial charge is 0.398 e. The van der Waals surface area contributed by atoms with Crippen molar-refractivity contribution in [3.8, 4) is 6.07 Å². The highest BCUT2D eigenvalue weighted by molar-refractivity contribution is 5.77. The van der Waals surface area contributed by atoms with Gasteiger partial charge in [0.05, 0.1) is 12.5 Å². The lowest BCUT2D eigenvalue weighted by molar-refractivity contribution is -0.122. The number of nitrogen functional groups attached to an aromatic ring is 1. The number of hydrogen-bond donors (Lipinski definition) is 3. The van der Waals surface area contributed by atoms with Crippen LogP contribution in [0.25, 0.3) is 0 Å². The van der Waals surface area contributed by atoms with Gasteiger partial charge in [0, 0.05) is 29.9 Å². The summed E-state index contributed by atoms with van der Waals surface area (Å²) in [6.07, 6.45) is 0.682. The summed E-state index contributed by atoms with van der Waals surface area (Å²) < 4.78 is 0. The van der Waals surface area contributed by atoms with E-state index in [1.165, 1.54) is 0 Å². The fourth-order valence-corrected chi connectivity index (χ4v) is 1.76. The molecular formula is C15H22N4O. The van der Waals surface area contributed by atoms with Crippen molar-refractivity contribution < 1.29 is 4.79 Å². The van der Waals surface area contributed by atoms with Crippen molar-refractivity contribution in [2.45, 2.75) is 39.2 Å². The zero-order valence-electron chi connectivity index (χ0n) is 12.3. The molecule has 0 bridgehead atoms. The Labute approximate surface area is 120 Å². The van der Waals surface area contributed by atoms with Crippen LogP contribution in [0.1, 0.15) is 32.8 Å². The smallest absolute Gasteiger partial charge is 0.222 e. The third kappa shape index (κ3) is 5.61. The minimum Gasteiger partial charge on any atom is -0.398 e. The highest BCUT2D eigenvalue weighted by Gasteiger charge is 2.12. The third-order valence-electron chi connectivity index (χ3n) is 2.61. The molecule has 4 N–H and O–H groups in total. The van der Waals surface area contributed by atoms with E-state index in [4.69, 9.17) is 11.0 Å². The molecule has 0 unspecified atom stereocenters. The molecule has 0 radical (unpaired) electrons. The number of hydrogen-bond acceptors (Lipinski definition) is 4. The van der Waals surface area contributed by atoms with Crippen LogP contribution in [0.5, 0.6) is 0 Å². The van der Waals surface area contributed by atoms with Gasteiger partial charge in [0.15, 0.2) is 0 Å². The van der Waals surface area contributed by atoms with Gasteiger partial charge in [0.2, 0.25) is 5.91 Å². The molecule has 0 aliphatic heterocycles. The van der Waals surface area contributed by atoms with Crippen molar-refractivity contribution in [2.75, 3.05) is 17.6 Å². The van der Waals surface area contributed by atoms with Crippen LogP contribution in [0, 0.1) is 11.3 Å². The van der Waals surface area contributed by atoms with Gasteiger partial charge in [-0.3, -0.25) is 4.79 Å². The maximum Gasteiger partial charge on any atom is 0.222 e. The van der Waals surface area contributed by atoms with Crippen LogP contribution in [0.2, 0.25) is 0 Å². The van der Waals surface area contributed by atoms with Gasteiger partial charge in [0.25, 0.3) is 0 Å². The van der Waals surface area contributed by atoms with E-state index in [0.29, 0.717) is 18.7 Å². The maximum absolute atomic E-state index is 11.7. The lowest BCUT2D eigenvalue weighted by Crippen LogP contribution is -2.41. The lowest BCUT2D eigenvalue weighted by atomic mass is 10.1. The van der Waals surface area contributed by atoms with Gasteiger partial charge >= 0.3 is 0 Å². The molecule has 1 aromatic rings. The van der Waals surface area contributed by atoms with Gasteiger partial charge < -0.3 is 16.4 Å². The molecular weight excluding hydrogens is 252 g/mol. The standard InChI is InChI=1S/C15H22N4O/c1-15(2,3)19-14(20)7-9-18-12-4-5-13(17)11(10-12)6-8-16/h4-5,10,18H,6-7,9,17H2,1-3H3,(H,19,20). The van der Waals surface area contributed by atoms with Crippen molar-refractivity contribution in [1.82, 2.24) is 5.32 Å². The van der Waals surface area contributed by atoms with Gasteiger partial charge in [-0.1, -0.05) is 0 Å².